The molecule has 2 unspecified atom stereocenters. The van der Waals surface area contributed by atoms with Gasteiger partial charge in [0, 0.05) is 6.42 Å². The van der Waals surface area contributed by atoms with Crippen molar-refractivity contribution in [2.45, 2.75) is 12.8 Å². The van der Waals surface area contributed by atoms with Crippen molar-refractivity contribution in [2.75, 3.05) is 11.5 Å². The molecule has 1 N–H and O–H groups in total. The zero-order valence-electron chi connectivity index (χ0n) is 10.6. The van der Waals surface area contributed by atoms with E-state index in [9.17, 15) is 14.0 Å². The summed E-state index contributed by atoms with van der Waals surface area (Å²) < 4.78 is 13.6. The highest BCUT2D eigenvalue weighted by atomic mass is 19.1. The number of rotatable bonds is 2. The molecule has 2 amide bonds. The van der Waals surface area contributed by atoms with Gasteiger partial charge in [-0.2, -0.15) is 0 Å². The van der Waals surface area contributed by atoms with Crippen LogP contribution in [0, 0.1) is 29.5 Å². The Hall–Kier alpha value is -2.19. The Morgan fingerprint density at radius 3 is 2.65 bits per heavy atom. The molecule has 1 aromatic carbocycles. The smallest absolute Gasteiger partial charge is 0.237 e. The van der Waals surface area contributed by atoms with Gasteiger partial charge in [-0.1, -0.05) is 11.8 Å². The largest absolute Gasteiger partial charge is 0.395 e. The highest BCUT2D eigenvalue weighted by Crippen LogP contribution is 2.48. The van der Waals surface area contributed by atoms with Crippen LogP contribution in [0.2, 0.25) is 0 Å². The number of hydrogen-bond donors (Lipinski definition) is 1. The molecule has 2 atom stereocenters. The van der Waals surface area contributed by atoms with Crippen LogP contribution in [-0.4, -0.2) is 23.5 Å². The molecule has 2 fully saturated rings. The number of anilines is 1. The van der Waals surface area contributed by atoms with Crippen LogP contribution in [0.5, 0.6) is 0 Å². The van der Waals surface area contributed by atoms with Crippen LogP contribution in [0.1, 0.15) is 18.4 Å². The lowest BCUT2D eigenvalue weighted by Crippen LogP contribution is -2.32. The Bertz CT molecular complexity index is 639. The Kier molecular flexibility index (Phi) is 3.03. The molecule has 2 aliphatic rings. The van der Waals surface area contributed by atoms with Crippen molar-refractivity contribution in [3.8, 4) is 11.8 Å². The van der Waals surface area contributed by atoms with E-state index < -0.39 is 5.82 Å². The average Bonchev–Trinajstić information content (AvgIpc) is 3.18. The first-order chi connectivity index (χ1) is 9.63. The van der Waals surface area contributed by atoms with Crippen LogP contribution in [0.3, 0.4) is 0 Å². The number of nitrogens with zero attached hydrogens (tertiary/aromatic N) is 1. The molecule has 0 radical (unpaired) electrons. The lowest BCUT2D eigenvalue weighted by Gasteiger charge is -2.16. The molecule has 1 heterocycles. The molecule has 5 heteroatoms. The van der Waals surface area contributed by atoms with Crippen LogP contribution in [0.25, 0.3) is 0 Å². The van der Waals surface area contributed by atoms with Gasteiger partial charge >= 0.3 is 0 Å². The summed E-state index contributed by atoms with van der Waals surface area (Å²) in [6.45, 7) is -0.0965. The van der Waals surface area contributed by atoms with Crippen molar-refractivity contribution in [1.82, 2.24) is 0 Å². The van der Waals surface area contributed by atoms with Gasteiger partial charge in [0.25, 0.3) is 0 Å². The summed E-state index contributed by atoms with van der Waals surface area (Å²) in [6, 6.07) is 4.01. The quantitative estimate of drug-likeness (QED) is 0.647. The summed E-state index contributed by atoms with van der Waals surface area (Å²) >= 11 is 0. The van der Waals surface area contributed by atoms with Gasteiger partial charge in [0.15, 0.2) is 0 Å². The molecule has 3 rings (SSSR count). The second-order valence-electron chi connectivity index (χ2n) is 4.90. The fourth-order valence-corrected chi connectivity index (χ4v) is 2.40. The number of aliphatic hydroxyl groups excluding tert-OH is 1. The third-order valence-electron chi connectivity index (χ3n) is 3.53. The van der Waals surface area contributed by atoms with Crippen molar-refractivity contribution >= 4 is 17.5 Å². The van der Waals surface area contributed by atoms with E-state index in [0.717, 1.165) is 4.90 Å². The minimum atomic E-state index is -0.511. The van der Waals surface area contributed by atoms with Gasteiger partial charge in [0.05, 0.1) is 29.7 Å². The number of fused-ring (bicyclic) bond motifs is 1. The van der Waals surface area contributed by atoms with Crippen LogP contribution in [-0.2, 0) is 9.59 Å². The lowest BCUT2D eigenvalue weighted by atomic mass is 10.1. The van der Waals surface area contributed by atoms with Crippen molar-refractivity contribution in [1.29, 1.82) is 0 Å². The number of hydrogen-bond acceptors (Lipinski definition) is 3. The molecule has 1 aliphatic carbocycles. The van der Waals surface area contributed by atoms with E-state index in [1.165, 1.54) is 18.2 Å². The monoisotopic (exact) mass is 273 g/mol. The minimum absolute atomic E-state index is 0.0965. The zero-order chi connectivity index (χ0) is 14.3. The number of aliphatic hydroxyl groups is 1. The molecule has 1 aromatic rings. The van der Waals surface area contributed by atoms with Crippen LogP contribution < -0.4 is 4.90 Å². The number of carbonyl (C=O) groups is 2. The topological polar surface area (TPSA) is 57.6 Å². The Labute approximate surface area is 115 Å². The molecule has 20 heavy (non-hydrogen) atoms. The van der Waals surface area contributed by atoms with Gasteiger partial charge < -0.3 is 5.11 Å². The first-order valence-electron chi connectivity index (χ1n) is 6.40. The Morgan fingerprint density at radius 2 is 2.00 bits per heavy atom. The molecule has 1 saturated heterocycles. The minimum Gasteiger partial charge on any atom is -0.395 e. The van der Waals surface area contributed by atoms with E-state index in [-0.39, 0.29) is 42.2 Å². The highest BCUT2D eigenvalue weighted by Gasteiger charge is 2.59. The van der Waals surface area contributed by atoms with E-state index in [0.29, 0.717) is 12.1 Å². The molecule has 102 valence electrons. The van der Waals surface area contributed by atoms with Gasteiger partial charge in [-0.3, -0.25) is 14.5 Å². The second-order valence-corrected chi connectivity index (χ2v) is 4.90. The summed E-state index contributed by atoms with van der Waals surface area (Å²) in [4.78, 5) is 25.0. The predicted molar refractivity (Wildman–Crippen MR) is 69.1 cm³/mol. The van der Waals surface area contributed by atoms with Gasteiger partial charge in [-0.05, 0) is 24.6 Å². The molecule has 0 bridgehead atoms. The normalized spacial score (nSPS) is 23.4. The van der Waals surface area contributed by atoms with E-state index in [1.54, 1.807) is 0 Å². The second kappa shape index (κ2) is 4.73. The van der Waals surface area contributed by atoms with Crippen molar-refractivity contribution < 1.29 is 19.1 Å². The van der Waals surface area contributed by atoms with Crippen molar-refractivity contribution in [3.05, 3.63) is 29.6 Å². The van der Waals surface area contributed by atoms with Crippen molar-refractivity contribution in [2.24, 2.45) is 11.8 Å². The summed E-state index contributed by atoms with van der Waals surface area (Å²) in [5, 5.41) is 8.65. The Balaban J connectivity index is 1.92. The van der Waals surface area contributed by atoms with Crippen LogP contribution >= 0.6 is 0 Å². The van der Waals surface area contributed by atoms with Crippen molar-refractivity contribution in [3.63, 3.8) is 0 Å². The lowest BCUT2D eigenvalue weighted by molar-refractivity contribution is -0.123. The van der Waals surface area contributed by atoms with Gasteiger partial charge in [-0.25, -0.2) is 4.39 Å². The fourth-order valence-electron chi connectivity index (χ4n) is 2.40. The van der Waals surface area contributed by atoms with E-state index >= 15 is 0 Å². The fraction of sp³-hybridized carbons (Fsp3) is 0.333. The maximum absolute atomic E-state index is 13.6. The number of carbonyl (C=O) groups excluding carboxylic acids is 2. The third-order valence-corrected chi connectivity index (χ3v) is 3.53. The Morgan fingerprint density at radius 1 is 1.30 bits per heavy atom. The van der Waals surface area contributed by atoms with Gasteiger partial charge in [-0.15, -0.1) is 0 Å². The number of imide groups is 1. The summed E-state index contributed by atoms with van der Waals surface area (Å²) in [6.07, 6.45) is 0.883. The molecule has 1 aliphatic heterocycles. The predicted octanol–water partition coefficient (Wildman–Crippen LogP) is 1.07. The molecule has 1 saturated carbocycles. The summed E-state index contributed by atoms with van der Waals surface area (Å²) in [5.74, 6) is 3.92. The first kappa shape index (κ1) is 12.8. The molecular formula is C15H12FNO3. The number of amides is 2. The van der Waals surface area contributed by atoms with E-state index in [4.69, 9.17) is 5.11 Å². The third kappa shape index (κ3) is 1.98. The zero-order valence-corrected chi connectivity index (χ0v) is 10.6. The molecule has 0 spiro atoms. The maximum Gasteiger partial charge on any atom is 0.237 e. The SMILES string of the molecule is O=C1C2CC2C(=O)N1c1ccc(F)c(C#CCCO)c1. The van der Waals surface area contributed by atoms with E-state index in [2.05, 4.69) is 11.8 Å². The average molecular weight is 273 g/mol. The van der Waals surface area contributed by atoms with Crippen LogP contribution in [0.4, 0.5) is 10.1 Å². The highest BCUT2D eigenvalue weighted by molar-refractivity contribution is 6.24. The number of halogens is 1. The number of piperidine rings is 1. The molecule has 0 aromatic heterocycles. The maximum atomic E-state index is 13.6. The molecular weight excluding hydrogens is 261 g/mol. The summed E-state index contributed by atoms with van der Waals surface area (Å²) in [7, 11) is 0. The van der Waals surface area contributed by atoms with Crippen LogP contribution in [0.15, 0.2) is 18.2 Å². The van der Waals surface area contributed by atoms with E-state index in [1.807, 2.05) is 0 Å². The molecule has 4 nitrogen and oxygen atoms in total. The summed E-state index contributed by atoms with van der Waals surface area (Å²) in [5.41, 5.74) is 0.485. The van der Waals surface area contributed by atoms with Gasteiger partial charge in [0.2, 0.25) is 11.8 Å². The first-order valence-corrected chi connectivity index (χ1v) is 6.40. The standard InChI is InChI=1S/C15H12FNO3/c16-13-5-4-10(7-9(13)3-1-2-6-18)17-14(19)11-8-12(11)15(17)20/h4-5,7,11-12,18H,2,6,8H2. The number of benzene rings is 1. The van der Waals surface area contributed by atoms with Gasteiger partial charge in [0.1, 0.15) is 5.82 Å².